The van der Waals surface area contributed by atoms with Gasteiger partial charge < -0.3 is 4.42 Å². The lowest BCUT2D eigenvalue weighted by atomic mass is 9.98. The van der Waals surface area contributed by atoms with Gasteiger partial charge in [-0.05, 0) is 45.3 Å². The number of fused-ring (bicyclic) bond motifs is 7. The summed E-state index contributed by atoms with van der Waals surface area (Å²) in [5, 5.41) is 4.89. The third kappa shape index (κ3) is 4.09. The van der Waals surface area contributed by atoms with E-state index in [2.05, 4.69) is 122 Å². The van der Waals surface area contributed by atoms with Gasteiger partial charge in [0.05, 0.1) is 0 Å². The van der Waals surface area contributed by atoms with E-state index in [0.717, 1.165) is 49.8 Å². The number of aromatic nitrogens is 3. The molecule has 2 aromatic heterocycles. The molecule has 5 heteroatoms. The molecule has 0 amide bonds. The minimum Gasteiger partial charge on any atom is -0.455 e. The molecule has 6 aromatic carbocycles. The summed E-state index contributed by atoms with van der Waals surface area (Å²) < 4.78 is 6.75. The Bertz CT molecular complexity index is 2450. The number of hydrogen-bond donors (Lipinski definition) is 0. The Kier molecular flexibility index (Phi) is 5.92. The van der Waals surface area contributed by atoms with Crippen LogP contribution < -0.4 is 10.4 Å². The van der Waals surface area contributed by atoms with Gasteiger partial charge in [-0.1, -0.05) is 134 Å². The van der Waals surface area contributed by atoms with Crippen LogP contribution >= 0.6 is 0 Å². The van der Waals surface area contributed by atoms with Gasteiger partial charge in [0, 0.05) is 33.0 Å². The summed E-state index contributed by atoms with van der Waals surface area (Å²) in [5.74, 6) is 1.93. The maximum absolute atomic E-state index is 6.75. The molecule has 0 radical (unpaired) electrons. The molecule has 4 nitrogen and oxygen atoms in total. The van der Waals surface area contributed by atoms with Crippen molar-refractivity contribution in [3.8, 4) is 56.4 Å². The van der Waals surface area contributed by atoms with Crippen LogP contribution in [0.25, 0.3) is 78.4 Å². The van der Waals surface area contributed by atoms with Crippen LogP contribution in [0.2, 0.25) is 13.1 Å². The van der Waals surface area contributed by atoms with E-state index in [-0.39, 0.29) is 0 Å². The molecule has 218 valence electrons. The first-order chi connectivity index (χ1) is 22.6. The maximum atomic E-state index is 6.75. The monoisotopic (exact) mass is 607 g/mol. The van der Waals surface area contributed by atoms with Crippen molar-refractivity contribution in [1.82, 2.24) is 15.0 Å². The Morgan fingerprint density at radius 1 is 0.478 bits per heavy atom. The van der Waals surface area contributed by atoms with E-state index in [4.69, 9.17) is 19.4 Å². The van der Waals surface area contributed by atoms with Gasteiger partial charge in [-0.25, -0.2) is 15.0 Å². The minimum atomic E-state index is -2.04. The van der Waals surface area contributed by atoms with Crippen LogP contribution in [0.3, 0.4) is 0 Å². The zero-order valence-corrected chi connectivity index (χ0v) is 26.5. The van der Waals surface area contributed by atoms with Crippen LogP contribution in [-0.2, 0) is 0 Å². The van der Waals surface area contributed by atoms with E-state index in [9.17, 15) is 0 Å². The Labute approximate surface area is 268 Å². The predicted molar refractivity (Wildman–Crippen MR) is 191 cm³/mol. The van der Waals surface area contributed by atoms with Crippen LogP contribution in [0, 0.1) is 0 Å². The molecule has 0 N–H and O–H groups in total. The number of para-hydroxylation sites is 1. The smallest absolute Gasteiger partial charge is 0.164 e. The van der Waals surface area contributed by atoms with Crippen molar-refractivity contribution in [3.63, 3.8) is 0 Å². The highest BCUT2D eigenvalue weighted by Gasteiger charge is 2.40. The van der Waals surface area contributed by atoms with E-state index in [1.54, 1.807) is 0 Å². The molecule has 0 aliphatic carbocycles. The Hall–Kier alpha value is -5.65. The van der Waals surface area contributed by atoms with Gasteiger partial charge in [-0.2, -0.15) is 0 Å². The standard InChI is InChI=1S/C41H29N3OSi/c1-46(2)34-23-12-10-21-31(34)37-35(46)25-32(36-30-20-9-11-22-33(30)45-38(36)37)41-43-39(27-16-7-4-8-17-27)42-40(44-41)29-19-13-18-28(24-29)26-14-5-3-6-15-26/h3-25H,1-2H3. The quantitative estimate of drug-likeness (QED) is 0.187. The first-order valence-corrected chi connectivity index (χ1v) is 18.6. The van der Waals surface area contributed by atoms with Crippen molar-refractivity contribution in [3.05, 3.63) is 140 Å². The fourth-order valence-corrected chi connectivity index (χ4v) is 10.1. The molecule has 0 fully saturated rings. The first kappa shape index (κ1) is 26.7. The predicted octanol–water partition coefficient (Wildman–Crippen LogP) is 9.24. The third-order valence-corrected chi connectivity index (χ3v) is 12.9. The Balaban J connectivity index is 1.35. The van der Waals surface area contributed by atoms with Gasteiger partial charge >= 0.3 is 0 Å². The van der Waals surface area contributed by atoms with Crippen LogP contribution in [0.5, 0.6) is 0 Å². The average molecular weight is 608 g/mol. The molecule has 0 saturated carbocycles. The second-order valence-electron chi connectivity index (χ2n) is 12.4. The van der Waals surface area contributed by atoms with Gasteiger partial charge in [0.1, 0.15) is 19.2 Å². The highest BCUT2D eigenvalue weighted by Crippen LogP contribution is 2.43. The van der Waals surface area contributed by atoms with Gasteiger partial charge in [-0.15, -0.1) is 0 Å². The molecular weight excluding hydrogens is 579 g/mol. The van der Waals surface area contributed by atoms with Crippen molar-refractivity contribution in [1.29, 1.82) is 0 Å². The molecule has 9 rings (SSSR count). The zero-order valence-electron chi connectivity index (χ0n) is 25.5. The summed E-state index contributed by atoms with van der Waals surface area (Å²) in [7, 11) is -2.04. The molecule has 0 atom stereocenters. The summed E-state index contributed by atoms with van der Waals surface area (Å²) in [6.07, 6.45) is 0. The van der Waals surface area contributed by atoms with Crippen LogP contribution in [-0.4, -0.2) is 23.0 Å². The van der Waals surface area contributed by atoms with E-state index in [0.29, 0.717) is 17.5 Å². The Morgan fingerprint density at radius 3 is 1.89 bits per heavy atom. The molecule has 46 heavy (non-hydrogen) atoms. The van der Waals surface area contributed by atoms with Crippen molar-refractivity contribution >= 4 is 40.4 Å². The molecule has 0 spiro atoms. The lowest BCUT2D eigenvalue weighted by molar-refractivity contribution is 0.670. The van der Waals surface area contributed by atoms with E-state index in [1.165, 1.54) is 21.5 Å². The topological polar surface area (TPSA) is 51.8 Å². The molecule has 1 aliphatic heterocycles. The van der Waals surface area contributed by atoms with Gasteiger partial charge in [0.25, 0.3) is 0 Å². The normalized spacial score (nSPS) is 13.2. The highest BCUT2D eigenvalue weighted by atomic mass is 28.3. The van der Waals surface area contributed by atoms with Crippen molar-refractivity contribution < 1.29 is 4.42 Å². The van der Waals surface area contributed by atoms with Crippen molar-refractivity contribution in [2.75, 3.05) is 0 Å². The van der Waals surface area contributed by atoms with E-state index < -0.39 is 8.07 Å². The molecule has 0 bridgehead atoms. The van der Waals surface area contributed by atoms with Gasteiger partial charge in [0.15, 0.2) is 17.5 Å². The fraction of sp³-hybridized carbons (Fsp3) is 0.0488. The summed E-state index contributed by atoms with van der Waals surface area (Å²) >= 11 is 0. The largest absolute Gasteiger partial charge is 0.455 e. The number of benzene rings is 6. The lowest BCUT2D eigenvalue weighted by Gasteiger charge is -2.19. The van der Waals surface area contributed by atoms with Crippen molar-refractivity contribution in [2.45, 2.75) is 13.1 Å². The number of rotatable bonds is 4. The second kappa shape index (κ2) is 10.2. The molecule has 8 aromatic rings. The SMILES string of the molecule is C[Si]1(C)c2ccccc2-c2c1cc(-c1nc(-c3ccccc3)nc(-c3cccc(-c4ccccc4)c3)n1)c1c2oc2ccccc21. The van der Waals surface area contributed by atoms with Crippen LogP contribution in [0.15, 0.2) is 144 Å². The maximum Gasteiger partial charge on any atom is 0.164 e. The summed E-state index contributed by atoms with van der Waals surface area (Å²) in [6, 6.07) is 48.6. The molecule has 0 saturated heterocycles. The highest BCUT2D eigenvalue weighted by molar-refractivity contribution is 7.04. The first-order valence-electron chi connectivity index (χ1n) is 15.6. The number of nitrogens with zero attached hydrogens (tertiary/aromatic N) is 3. The van der Waals surface area contributed by atoms with Crippen LogP contribution in [0.4, 0.5) is 0 Å². The number of hydrogen-bond acceptors (Lipinski definition) is 4. The summed E-state index contributed by atoms with van der Waals surface area (Å²) in [6.45, 7) is 4.86. The van der Waals surface area contributed by atoms with E-state index in [1.807, 2.05) is 30.3 Å². The molecule has 0 unspecified atom stereocenters. The zero-order chi connectivity index (χ0) is 30.8. The minimum absolute atomic E-state index is 0.642. The van der Waals surface area contributed by atoms with Crippen LogP contribution in [0.1, 0.15) is 0 Å². The molecule has 1 aliphatic rings. The van der Waals surface area contributed by atoms with Crippen molar-refractivity contribution in [2.24, 2.45) is 0 Å². The Morgan fingerprint density at radius 2 is 1.09 bits per heavy atom. The lowest BCUT2D eigenvalue weighted by Crippen LogP contribution is -2.49. The van der Waals surface area contributed by atoms with E-state index >= 15 is 0 Å². The third-order valence-electron chi connectivity index (χ3n) is 9.33. The molecular formula is C41H29N3OSi. The van der Waals surface area contributed by atoms with Gasteiger partial charge in [0.2, 0.25) is 0 Å². The average Bonchev–Trinajstić information content (AvgIpc) is 3.61. The number of furan rings is 1. The van der Waals surface area contributed by atoms with Gasteiger partial charge in [-0.3, -0.25) is 0 Å². The summed E-state index contributed by atoms with van der Waals surface area (Å²) in [4.78, 5) is 15.5. The fourth-order valence-electron chi connectivity index (χ4n) is 7.04. The second-order valence-corrected chi connectivity index (χ2v) is 16.8. The summed E-state index contributed by atoms with van der Waals surface area (Å²) in [5.41, 5.74) is 9.41. The molecule has 3 heterocycles.